The number of aliphatic hydroxyl groups excluding tert-OH is 4. The van der Waals surface area contributed by atoms with Gasteiger partial charge in [-0.1, -0.05) is 12.2 Å². The number of methoxy groups -OCH3 is 1. The van der Waals surface area contributed by atoms with Crippen molar-refractivity contribution < 1.29 is 34.7 Å². The predicted molar refractivity (Wildman–Crippen MR) is 104 cm³/mol. The van der Waals surface area contributed by atoms with Crippen molar-refractivity contribution in [3.63, 3.8) is 0 Å². The number of carbonyl (C=O) groups is 1. The molecule has 28 heavy (non-hydrogen) atoms. The molecule has 0 radical (unpaired) electrons. The van der Waals surface area contributed by atoms with E-state index in [0.717, 1.165) is 0 Å². The molecule has 5 atom stereocenters. The van der Waals surface area contributed by atoms with E-state index in [1.165, 1.54) is 6.92 Å². The van der Waals surface area contributed by atoms with E-state index in [2.05, 4.69) is 0 Å². The minimum Gasteiger partial charge on any atom is -0.487 e. The summed E-state index contributed by atoms with van der Waals surface area (Å²) >= 11 is 0. The van der Waals surface area contributed by atoms with E-state index in [9.17, 15) is 25.2 Å². The number of ether oxygens (including phenoxy) is 2. The molecule has 2 rings (SSSR count). The van der Waals surface area contributed by atoms with Gasteiger partial charge in [0, 0.05) is 30.8 Å². The highest BCUT2D eigenvalue weighted by Crippen LogP contribution is 2.31. The number of carbonyl (C=O) groups excluding carboxylic acids is 1. The molecule has 1 saturated carbocycles. The van der Waals surface area contributed by atoms with E-state index in [0.29, 0.717) is 16.9 Å². The number of hydrogen-bond acceptors (Lipinski definition) is 7. The normalized spacial score (nSPS) is 28.5. The van der Waals surface area contributed by atoms with Crippen LogP contribution in [0.3, 0.4) is 0 Å². The van der Waals surface area contributed by atoms with Gasteiger partial charge in [0.2, 0.25) is 0 Å². The Kier molecular flexibility index (Phi) is 7.36. The highest BCUT2D eigenvalue weighted by molar-refractivity contribution is 5.95. The summed E-state index contributed by atoms with van der Waals surface area (Å²) in [7, 11) is 1.59. The number of aliphatic hydroxyl groups is 4. The molecule has 0 spiro atoms. The van der Waals surface area contributed by atoms with E-state index >= 15 is 0 Å². The van der Waals surface area contributed by atoms with Gasteiger partial charge in [-0.25, -0.2) is 0 Å². The number of hydrogen-bond donors (Lipinski definition) is 4. The van der Waals surface area contributed by atoms with Crippen LogP contribution in [0.15, 0.2) is 24.3 Å². The van der Waals surface area contributed by atoms with Gasteiger partial charge in [-0.05, 0) is 45.4 Å². The lowest BCUT2D eigenvalue weighted by atomic mass is 9.81. The molecule has 4 N–H and O–H groups in total. The zero-order chi connectivity index (χ0) is 21.1. The Balaban J connectivity index is 2.34. The van der Waals surface area contributed by atoms with Crippen molar-refractivity contribution in [3.05, 3.63) is 35.4 Å². The molecule has 1 aromatic rings. The van der Waals surface area contributed by atoms with Gasteiger partial charge in [-0.15, -0.1) is 0 Å². The lowest BCUT2D eigenvalue weighted by Crippen LogP contribution is -2.56. The third-order valence-electron chi connectivity index (χ3n) is 5.22. The minimum atomic E-state index is -1.42. The molecule has 0 aliphatic heterocycles. The van der Waals surface area contributed by atoms with Crippen LogP contribution in [-0.2, 0) is 4.74 Å². The Morgan fingerprint density at radius 3 is 2.46 bits per heavy atom. The van der Waals surface area contributed by atoms with Crippen molar-refractivity contribution in [1.29, 1.82) is 0 Å². The SMILES string of the molecule is COC(C)(C)C=Cc1cc(C(C)=O)ccc1OC1CC(CO)C(O)C(O)C1O. The Bertz CT molecular complexity index is 711. The van der Waals surface area contributed by atoms with Crippen molar-refractivity contribution in [2.75, 3.05) is 13.7 Å². The van der Waals surface area contributed by atoms with Gasteiger partial charge in [0.25, 0.3) is 0 Å². The predicted octanol–water partition coefficient (Wildman–Crippen LogP) is 1.17. The maximum atomic E-state index is 11.8. The van der Waals surface area contributed by atoms with E-state index < -0.39 is 35.9 Å². The second-order valence-electron chi connectivity index (χ2n) is 7.76. The molecule has 1 aliphatic carbocycles. The molecule has 156 valence electrons. The van der Waals surface area contributed by atoms with Gasteiger partial charge < -0.3 is 29.9 Å². The molecule has 7 heteroatoms. The summed E-state index contributed by atoms with van der Waals surface area (Å²) in [6, 6.07) is 4.94. The molecule has 7 nitrogen and oxygen atoms in total. The summed E-state index contributed by atoms with van der Waals surface area (Å²) in [4.78, 5) is 11.8. The van der Waals surface area contributed by atoms with Crippen LogP contribution in [0.1, 0.15) is 43.1 Å². The third kappa shape index (κ3) is 5.18. The number of Topliss-reactive ketones (excluding diaryl/α,β-unsaturated/α-hetero) is 1. The quantitative estimate of drug-likeness (QED) is 0.513. The highest BCUT2D eigenvalue weighted by atomic mass is 16.5. The summed E-state index contributed by atoms with van der Waals surface area (Å²) in [5.41, 5.74) is 0.595. The third-order valence-corrected chi connectivity index (χ3v) is 5.22. The van der Waals surface area contributed by atoms with E-state index in [1.807, 2.05) is 19.9 Å². The molecular formula is C21H30O7. The molecule has 0 heterocycles. The largest absolute Gasteiger partial charge is 0.487 e. The molecule has 1 aromatic carbocycles. The van der Waals surface area contributed by atoms with Crippen molar-refractivity contribution in [2.45, 2.75) is 57.2 Å². The fourth-order valence-electron chi connectivity index (χ4n) is 3.11. The smallest absolute Gasteiger partial charge is 0.159 e. The first kappa shape index (κ1) is 22.5. The highest BCUT2D eigenvalue weighted by Gasteiger charge is 2.43. The maximum Gasteiger partial charge on any atom is 0.159 e. The van der Waals surface area contributed by atoms with Crippen LogP contribution in [0.25, 0.3) is 6.08 Å². The molecule has 0 saturated heterocycles. The van der Waals surface area contributed by atoms with Crippen LogP contribution in [-0.4, -0.2) is 69.9 Å². The molecule has 1 aliphatic rings. The Hall–Kier alpha value is -1.77. The van der Waals surface area contributed by atoms with Crippen LogP contribution in [0.2, 0.25) is 0 Å². The standard InChI is InChI=1S/C21H30O7/c1-12(23)13-5-6-16(14(9-13)7-8-21(2,3)27-4)28-17-10-15(11-22)18(24)20(26)19(17)25/h5-9,15,17-20,22,24-26H,10-11H2,1-4H3. The number of ketones is 1. The van der Waals surface area contributed by atoms with Crippen LogP contribution >= 0.6 is 0 Å². The minimum absolute atomic E-state index is 0.0937. The zero-order valence-electron chi connectivity index (χ0n) is 16.7. The summed E-state index contributed by atoms with van der Waals surface area (Å²) < 4.78 is 11.3. The average Bonchev–Trinajstić information content (AvgIpc) is 2.67. The second-order valence-corrected chi connectivity index (χ2v) is 7.76. The van der Waals surface area contributed by atoms with Gasteiger partial charge in [0.15, 0.2) is 5.78 Å². The first-order valence-corrected chi connectivity index (χ1v) is 9.30. The molecule has 0 aromatic heterocycles. The molecule has 0 amide bonds. The first-order chi connectivity index (χ1) is 13.1. The van der Waals surface area contributed by atoms with Crippen LogP contribution in [0, 0.1) is 5.92 Å². The lowest BCUT2D eigenvalue weighted by molar-refractivity contribution is -0.156. The van der Waals surface area contributed by atoms with E-state index in [-0.39, 0.29) is 18.8 Å². The van der Waals surface area contributed by atoms with Gasteiger partial charge in [-0.2, -0.15) is 0 Å². The molecule has 5 unspecified atom stereocenters. The lowest BCUT2D eigenvalue weighted by Gasteiger charge is -2.39. The summed E-state index contributed by atoms with van der Waals surface area (Å²) in [5, 5.41) is 39.8. The summed E-state index contributed by atoms with van der Waals surface area (Å²) in [6.45, 7) is 4.90. The Morgan fingerprint density at radius 1 is 1.21 bits per heavy atom. The Morgan fingerprint density at radius 2 is 1.89 bits per heavy atom. The van der Waals surface area contributed by atoms with Crippen LogP contribution < -0.4 is 4.74 Å². The number of benzene rings is 1. The fourth-order valence-corrected chi connectivity index (χ4v) is 3.11. The topological polar surface area (TPSA) is 116 Å². The average molecular weight is 394 g/mol. The zero-order valence-corrected chi connectivity index (χ0v) is 16.7. The monoisotopic (exact) mass is 394 g/mol. The van der Waals surface area contributed by atoms with Crippen molar-refractivity contribution >= 4 is 11.9 Å². The Labute approximate surface area is 165 Å². The van der Waals surface area contributed by atoms with Crippen molar-refractivity contribution in [1.82, 2.24) is 0 Å². The fraction of sp³-hybridized carbons (Fsp3) is 0.571. The molecule has 1 fully saturated rings. The van der Waals surface area contributed by atoms with Gasteiger partial charge in [0.05, 0.1) is 11.7 Å². The van der Waals surface area contributed by atoms with Gasteiger partial charge in [0.1, 0.15) is 24.1 Å². The summed E-state index contributed by atoms with van der Waals surface area (Å²) in [6.07, 6.45) is -0.989. The van der Waals surface area contributed by atoms with Crippen molar-refractivity contribution in [3.8, 4) is 5.75 Å². The van der Waals surface area contributed by atoms with E-state index in [4.69, 9.17) is 9.47 Å². The maximum absolute atomic E-state index is 11.8. The van der Waals surface area contributed by atoms with Crippen LogP contribution in [0.4, 0.5) is 0 Å². The van der Waals surface area contributed by atoms with Crippen LogP contribution in [0.5, 0.6) is 5.75 Å². The summed E-state index contributed by atoms with van der Waals surface area (Å²) in [5.74, 6) is -0.285. The van der Waals surface area contributed by atoms with Gasteiger partial charge >= 0.3 is 0 Å². The number of rotatable bonds is 7. The van der Waals surface area contributed by atoms with Crippen molar-refractivity contribution in [2.24, 2.45) is 5.92 Å². The van der Waals surface area contributed by atoms with Gasteiger partial charge in [-0.3, -0.25) is 4.79 Å². The molecular weight excluding hydrogens is 364 g/mol. The first-order valence-electron chi connectivity index (χ1n) is 9.30. The van der Waals surface area contributed by atoms with E-state index in [1.54, 1.807) is 31.4 Å². The molecule has 0 bridgehead atoms. The second kappa shape index (κ2) is 9.15.